The molecule has 0 aliphatic heterocycles. The van der Waals surface area contributed by atoms with E-state index in [-0.39, 0.29) is 5.82 Å². The number of benzene rings is 2. The summed E-state index contributed by atoms with van der Waals surface area (Å²) < 4.78 is 13.5. The summed E-state index contributed by atoms with van der Waals surface area (Å²) in [5, 5.41) is 7.64. The second kappa shape index (κ2) is 5.22. The fourth-order valence-corrected chi connectivity index (χ4v) is 2.54. The Hall–Kier alpha value is -2.33. The van der Waals surface area contributed by atoms with E-state index in [0.29, 0.717) is 22.0 Å². The molecule has 0 fully saturated rings. The molecule has 3 rings (SSSR count). The highest BCUT2D eigenvalue weighted by Gasteiger charge is 2.17. The fraction of sp³-hybridized carbons (Fsp3) is 0.0625. The number of H-pyrrole nitrogens is 1. The van der Waals surface area contributed by atoms with E-state index >= 15 is 0 Å². The molecule has 0 amide bonds. The predicted octanol–water partition coefficient (Wildman–Crippen LogP) is 4.43. The summed E-state index contributed by atoms with van der Waals surface area (Å²) in [5.41, 5.74) is 9.85. The minimum absolute atomic E-state index is 0.318. The van der Waals surface area contributed by atoms with Crippen molar-refractivity contribution in [2.24, 2.45) is 0 Å². The van der Waals surface area contributed by atoms with Crippen molar-refractivity contribution in [2.75, 3.05) is 5.73 Å². The van der Waals surface area contributed by atoms with Gasteiger partial charge in [0.05, 0.1) is 11.3 Å². The van der Waals surface area contributed by atoms with Gasteiger partial charge in [0.15, 0.2) is 5.82 Å². The number of anilines is 1. The van der Waals surface area contributed by atoms with Gasteiger partial charge in [0.2, 0.25) is 0 Å². The summed E-state index contributed by atoms with van der Waals surface area (Å²) in [7, 11) is 0. The van der Waals surface area contributed by atoms with Gasteiger partial charge < -0.3 is 5.73 Å². The van der Waals surface area contributed by atoms with E-state index in [9.17, 15) is 4.39 Å². The van der Waals surface area contributed by atoms with Gasteiger partial charge in [-0.2, -0.15) is 5.10 Å². The van der Waals surface area contributed by atoms with Gasteiger partial charge in [-0.05, 0) is 36.2 Å². The number of halogens is 2. The highest BCUT2D eigenvalue weighted by atomic mass is 35.5. The third kappa shape index (κ3) is 2.38. The molecular formula is C16H13ClFN3. The molecule has 0 saturated carbocycles. The largest absolute Gasteiger partial charge is 0.382 e. The van der Waals surface area contributed by atoms with Crippen molar-refractivity contribution < 1.29 is 4.39 Å². The van der Waals surface area contributed by atoms with Crippen molar-refractivity contribution in [1.82, 2.24) is 10.2 Å². The summed E-state index contributed by atoms with van der Waals surface area (Å²) in [6.45, 7) is 1.92. The van der Waals surface area contributed by atoms with Crippen LogP contribution in [-0.2, 0) is 0 Å². The Kier molecular flexibility index (Phi) is 3.39. The third-order valence-corrected chi connectivity index (χ3v) is 3.85. The van der Waals surface area contributed by atoms with Crippen LogP contribution in [0.25, 0.3) is 22.4 Å². The van der Waals surface area contributed by atoms with Gasteiger partial charge in [-0.25, -0.2) is 4.39 Å². The van der Waals surface area contributed by atoms with Gasteiger partial charge in [-0.3, -0.25) is 5.10 Å². The zero-order chi connectivity index (χ0) is 15.0. The maximum Gasteiger partial charge on any atom is 0.153 e. The number of hydrogen-bond donors (Lipinski definition) is 2. The van der Waals surface area contributed by atoms with Crippen molar-refractivity contribution >= 4 is 17.4 Å². The lowest BCUT2D eigenvalue weighted by atomic mass is 9.98. The van der Waals surface area contributed by atoms with Gasteiger partial charge in [0, 0.05) is 10.6 Å². The van der Waals surface area contributed by atoms with Gasteiger partial charge >= 0.3 is 0 Å². The van der Waals surface area contributed by atoms with Gasteiger partial charge in [-0.15, -0.1) is 0 Å². The van der Waals surface area contributed by atoms with Gasteiger partial charge in [0.1, 0.15) is 5.82 Å². The normalized spacial score (nSPS) is 10.8. The van der Waals surface area contributed by atoms with Crippen LogP contribution >= 0.6 is 11.6 Å². The van der Waals surface area contributed by atoms with Crippen molar-refractivity contribution in [2.45, 2.75) is 6.92 Å². The van der Waals surface area contributed by atoms with Crippen molar-refractivity contribution in [3.05, 3.63) is 58.9 Å². The molecule has 0 aliphatic rings. The van der Waals surface area contributed by atoms with Crippen LogP contribution in [0.3, 0.4) is 0 Å². The Morgan fingerprint density at radius 3 is 2.71 bits per heavy atom. The van der Waals surface area contributed by atoms with E-state index in [2.05, 4.69) is 10.2 Å². The fourth-order valence-electron chi connectivity index (χ4n) is 2.37. The third-order valence-electron chi connectivity index (χ3n) is 3.44. The Balaban J connectivity index is 2.24. The molecule has 0 radical (unpaired) electrons. The number of nitrogens with one attached hydrogen (secondary N) is 1. The second-order valence-electron chi connectivity index (χ2n) is 4.78. The molecule has 0 saturated heterocycles. The molecular weight excluding hydrogens is 289 g/mol. The van der Waals surface area contributed by atoms with Crippen LogP contribution in [0.15, 0.2) is 42.5 Å². The molecule has 1 aromatic heterocycles. The van der Waals surface area contributed by atoms with Crippen molar-refractivity contribution in [1.29, 1.82) is 0 Å². The average Bonchev–Trinajstić information content (AvgIpc) is 2.83. The van der Waals surface area contributed by atoms with E-state index in [4.69, 9.17) is 17.3 Å². The van der Waals surface area contributed by atoms with Crippen LogP contribution in [0, 0.1) is 12.7 Å². The first-order chi connectivity index (χ1) is 10.1. The highest BCUT2D eigenvalue weighted by molar-refractivity contribution is 6.31. The summed E-state index contributed by atoms with van der Waals surface area (Å²) in [6.07, 6.45) is 0. The molecule has 3 nitrogen and oxygen atoms in total. The van der Waals surface area contributed by atoms with Crippen molar-refractivity contribution in [3.63, 3.8) is 0 Å². The van der Waals surface area contributed by atoms with Crippen LogP contribution in [0.4, 0.5) is 10.2 Å². The Morgan fingerprint density at radius 1 is 1.19 bits per heavy atom. The van der Waals surface area contributed by atoms with E-state index in [1.807, 2.05) is 25.1 Å². The van der Waals surface area contributed by atoms with Crippen LogP contribution in [0.1, 0.15) is 5.56 Å². The number of nitrogens with two attached hydrogens (primary N) is 1. The topological polar surface area (TPSA) is 54.7 Å². The lowest BCUT2D eigenvalue weighted by molar-refractivity contribution is 0.628. The molecule has 0 atom stereocenters. The first-order valence-corrected chi connectivity index (χ1v) is 6.81. The number of rotatable bonds is 2. The monoisotopic (exact) mass is 301 g/mol. The quantitative estimate of drug-likeness (QED) is 0.736. The summed E-state index contributed by atoms with van der Waals surface area (Å²) in [5.74, 6) is 0.0110. The molecule has 3 N–H and O–H groups in total. The Morgan fingerprint density at radius 2 is 1.95 bits per heavy atom. The molecule has 106 valence electrons. The molecule has 2 aromatic carbocycles. The molecule has 1 heterocycles. The van der Waals surface area contributed by atoms with E-state index in [0.717, 1.165) is 16.8 Å². The van der Waals surface area contributed by atoms with E-state index < -0.39 is 0 Å². The predicted molar refractivity (Wildman–Crippen MR) is 83.6 cm³/mol. The summed E-state index contributed by atoms with van der Waals surface area (Å²) in [6, 6.07) is 11.9. The summed E-state index contributed by atoms with van der Waals surface area (Å²) in [4.78, 5) is 0. The number of aromatic nitrogens is 2. The zero-order valence-corrected chi connectivity index (χ0v) is 12.1. The standard InChI is InChI=1S/C16H13ClFN3/c1-9-12(6-3-7-13(9)17)15-14(16(19)21-20-15)10-4-2-5-11(18)8-10/h2-8H,1H3,(H3,19,20,21). The first kappa shape index (κ1) is 13.6. The van der Waals surface area contributed by atoms with E-state index in [1.54, 1.807) is 12.1 Å². The van der Waals surface area contributed by atoms with Gasteiger partial charge in [-0.1, -0.05) is 35.9 Å². The molecule has 0 aliphatic carbocycles. The smallest absolute Gasteiger partial charge is 0.153 e. The van der Waals surface area contributed by atoms with Crippen LogP contribution in [0.2, 0.25) is 5.02 Å². The van der Waals surface area contributed by atoms with Crippen molar-refractivity contribution in [3.8, 4) is 22.4 Å². The molecule has 3 aromatic rings. The van der Waals surface area contributed by atoms with Crippen LogP contribution < -0.4 is 5.73 Å². The minimum Gasteiger partial charge on any atom is -0.382 e. The van der Waals surface area contributed by atoms with Crippen LogP contribution in [0.5, 0.6) is 0 Å². The Bertz CT molecular complexity index is 811. The summed E-state index contributed by atoms with van der Waals surface area (Å²) >= 11 is 6.17. The lowest BCUT2D eigenvalue weighted by Crippen LogP contribution is -1.91. The average molecular weight is 302 g/mol. The highest BCUT2D eigenvalue weighted by Crippen LogP contribution is 2.37. The molecule has 0 unspecified atom stereocenters. The zero-order valence-electron chi connectivity index (χ0n) is 11.3. The number of aromatic amines is 1. The SMILES string of the molecule is Cc1c(Cl)cccc1-c1[nH]nc(N)c1-c1cccc(F)c1. The molecule has 0 bridgehead atoms. The maximum atomic E-state index is 13.5. The van der Waals surface area contributed by atoms with Crippen LogP contribution in [-0.4, -0.2) is 10.2 Å². The van der Waals surface area contributed by atoms with Gasteiger partial charge in [0.25, 0.3) is 0 Å². The molecule has 5 heteroatoms. The first-order valence-electron chi connectivity index (χ1n) is 6.43. The maximum absolute atomic E-state index is 13.5. The lowest BCUT2D eigenvalue weighted by Gasteiger charge is -2.09. The number of nitrogen functional groups attached to an aromatic ring is 1. The van der Waals surface area contributed by atoms with E-state index in [1.165, 1.54) is 12.1 Å². The Labute approximate surface area is 126 Å². The second-order valence-corrected chi connectivity index (χ2v) is 5.19. The molecule has 21 heavy (non-hydrogen) atoms. The minimum atomic E-state index is -0.318. The molecule has 0 spiro atoms. The number of nitrogens with zero attached hydrogens (tertiary/aromatic N) is 1. The number of hydrogen-bond acceptors (Lipinski definition) is 2.